The van der Waals surface area contributed by atoms with Gasteiger partial charge < -0.3 is 5.32 Å². The summed E-state index contributed by atoms with van der Waals surface area (Å²) in [6.45, 7) is 0.328. The number of rotatable bonds is 2. The molecule has 1 aliphatic heterocycles. The number of carbonyl (C=O) groups is 2. The Labute approximate surface area is 82.8 Å². The second-order valence-electron chi connectivity index (χ2n) is 3.92. The lowest BCUT2D eigenvalue weighted by Crippen LogP contribution is -2.29. The zero-order valence-corrected chi connectivity index (χ0v) is 8.08. The lowest BCUT2D eigenvalue weighted by molar-refractivity contribution is -0.117. The topological polar surface area (TPSA) is 58.5 Å². The zero-order chi connectivity index (χ0) is 9.97. The lowest BCUT2D eigenvalue weighted by atomic mass is 9.85. The maximum absolute atomic E-state index is 11.8. The molecule has 1 saturated carbocycles. The molecule has 0 saturated heterocycles. The van der Waals surface area contributed by atoms with Crippen LogP contribution in [0.5, 0.6) is 0 Å². The van der Waals surface area contributed by atoms with Gasteiger partial charge in [-0.1, -0.05) is 19.3 Å². The Balaban J connectivity index is 2.00. The van der Waals surface area contributed by atoms with E-state index in [0.29, 0.717) is 12.3 Å². The summed E-state index contributed by atoms with van der Waals surface area (Å²) in [6.07, 6.45) is 5.42. The third-order valence-corrected chi connectivity index (χ3v) is 2.90. The molecule has 1 heterocycles. The fraction of sp³-hybridized carbons (Fsp3) is 0.700. The predicted molar refractivity (Wildman–Crippen MR) is 52.4 cm³/mol. The summed E-state index contributed by atoms with van der Waals surface area (Å²) < 4.78 is 0. The van der Waals surface area contributed by atoms with E-state index in [0.717, 1.165) is 25.7 Å². The molecular weight excluding hydrogens is 180 g/mol. The molecule has 0 bridgehead atoms. The number of amides is 2. The Kier molecular flexibility index (Phi) is 2.61. The lowest BCUT2D eigenvalue weighted by Gasteiger charge is -2.19. The average molecular weight is 194 g/mol. The zero-order valence-electron chi connectivity index (χ0n) is 8.08. The summed E-state index contributed by atoms with van der Waals surface area (Å²) in [5, 5.41) is 2.53. The minimum Gasteiger partial charge on any atom is -0.330 e. The molecule has 0 radical (unpaired) electrons. The van der Waals surface area contributed by atoms with E-state index in [2.05, 4.69) is 10.3 Å². The number of Topliss-reactive ketones (excluding diaryl/α,β-unsaturated/α-hetero) is 1. The minimum absolute atomic E-state index is 0.0862. The van der Waals surface area contributed by atoms with Crippen molar-refractivity contribution in [3.63, 3.8) is 0 Å². The highest BCUT2D eigenvalue weighted by molar-refractivity contribution is 6.44. The highest BCUT2D eigenvalue weighted by atomic mass is 16.2. The fourth-order valence-corrected chi connectivity index (χ4v) is 2.10. The van der Waals surface area contributed by atoms with Crippen LogP contribution in [0, 0.1) is 5.92 Å². The number of hydrogen-bond donors (Lipinski definition) is 1. The average Bonchev–Trinajstić information content (AvgIpc) is 2.65. The molecule has 1 N–H and O–H groups in total. The van der Waals surface area contributed by atoms with Gasteiger partial charge in [-0.25, -0.2) is 4.79 Å². The predicted octanol–water partition coefficient (Wildman–Crippen LogP) is 1.30. The Hall–Kier alpha value is -1.19. The highest BCUT2D eigenvalue weighted by Crippen LogP contribution is 2.24. The van der Waals surface area contributed by atoms with E-state index < -0.39 is 0 Å². The highest BCUT2D eigenvalue weighted by Gasteiger charge is 2.27. The van der Waals surface area contributed by atoms with Crippen LogP contribution in [0.2, 0.25) is 0 Å². The van der Waals surface area contributed by atoms with Crippen molar-refractivity contribution in [3.05, 3.63) is 0 Å². The quantitative estimate of drug-likeness (QED) is 0.720. The Bertz CT molecular complexity index is 290. The Morgan fingerprint density at radius 2 is 2.00 bits per heavy atom. The maximum Gasteiger partial charge on any atom is 0.341 e. The van der Waals surface area contributed by atoms with E-state index in [1.54, 1.807) is 0 Å². The van der Waals surface area contributed by atoms with Crippen molar-refractivity contribution in [2.75, 3.05) is 6.54 Å². The first kappa shape index (κ1) is 9.37. The number of ketones is 1. The number of nitrogens with one attached hydrogen (secondary N) is 1. The summed E-state index contributed by atoms with van der Waals surface area (Å²) in [5.74, 6) is 0.207. The van der Waals surface area contributed by atoms with Gasteiger partial charge in [0.05, 0.1) is 6.54 Å². The molecule has 2 aliphatic rings. The van der Waals surface area contributed by atoms with Crippen LogP contribution < -0.4 is 5.32 Å². The molecule has 0 aromatic heterocycles. The van der Waals surface area contributed by atoms with Crippen LogP contribution in [0.4, 0.5) is 4.79 Å². The van der Waals surface area contributed by atoms with Gasteiger partial charge in [-0.3, -0.25) is 4.79 Å². The normalized spacial score (nSPS) is 23.1. The molecule has 0 atom stereocenters. The fourth-order valence-electron chi connectivity index (χ4n) is 2.10. The van der Waals surface area contributed by atoms with Crippen molar-refractivity contribution >= 4 is 17.5 Å². The van der Waals surface area contributed by atoms with Gasteiger partial charge in [0.15, 0.2) is 5.78 Å². The third kappa shape index (κ3) is 1.84. The number of nitrogens with zero attached hydrogens (tertiary/aromatic N) is 1. The second kappa shape index (κ2) is 3.90. The molecule has 0 spiro atoms. The number of urea groups is 1. The van der Waals surface area contributed by atoms with E-state index in [1.165, 1.54) is 6.42 Å². The summed E-state index contributed by atoms with van der Waals surface area (Å²) in [7, 11) is 0. The van der Waals surface area contributed by atoms with E-state index >= 15 is 0 Å². The molecule has 4 heteroatoms. The summed E-state index contributed by atoms with van der Waals surface area (Å²) in [5.41, 5.74) is 0.432. The van der Waals surface area contributed by atoms with Crippen LogP contribution in [0.25, 0.3) is 0 Å². The van der Waals surface area contributed by atoms with Gasteiger partial charge in [0.1, 0.15) is 5.71 Å². The Morgan fingerprint density at radius 3 is 2.57 bits per heavy atom. The molecule has 2 amide bonds. The first-order valence-electron chi connectivity index (χ1n) is 5.17. The molecule has 0 aromatic carbocycles. The van der Waals surface area contributed by atoms with Crippen molar-refractivity contribution in [2.45, 2.75) is 32.1 Å². The minimum atomic E-state index is -0.371. The van der Waals surface area contributed by atoms with Gasteiger partial charge in [-0.15, -0.1) is 0 Å². The van der Waals surface area contributed by atoms with Crippen LogP contribution in [0.1, 0.15) is 32.1 Å². The molecule has 1 aliphatic carbocycles. The molecule has 1 fully saturated rings. The molecule has 4 nitrogen and oxygen atoms in total. The van der Waals surface area contributed by atoms with Gasteiger partial charge in [-0.05, 0) is 12.8 Å². The number of aliphatic imine (C=N–C) groups is 1. The monoisotopic (exact) mass is 194 g/mol. The summed E-state index contributed by atoms with van der Waals surface area (Å²) in [4.78, 5) is 26.3. The molecule has 2 rings (SSSR count). The molecule has 76 valence electrons. The van der Waals surface area contributed by atoms with Crippen LogP contribution in [-0.4, -0.2) is 24.1 Å². The van der Waals surface area contributed by atoms with Crippen LogP contribution in [0.3, 0.4) is 0 Å². The Morgan fingerprint density at radius 1 is 1.29 bits per heavy atom. The van der Waals surface area contributed by atoms with Crippen molar-refractivity contribution in [3.8, 4) is 0 Å². The SMILES string of the molecule is O=C1N=C(C(=O)C2CCCCC2)CN1. The van der Waals surface area contributed by atoms with Crippen LogP contribution in [-0.2, 0) is 4.79 Å². The van der Waals surface area contributed by atoms with Gasteiger partial charge in [0, 0.05) is 5.92 Å². The van der Waals surface area contributed by atoms with Crippen LogP contribution >= 0.6 is 0 Å². The first-order valence-corrected chi connectivity index (χ1v) is 5.17. The van der Waals surface area contributed by atoms with Crippen molar-refractivity contribution in [2.24, 2.45) is 10.9 Å². The second-order valence-corrected chi connectivity index (χ2v) is 3.92. The van der Waals surface area contributed by atoms with E-state index in [-0.39, 0.29) is 17.7 Å². The number of carbonyl (C=O) groups excluding carboxylic acids is 2. The van der Waals surface area contributed by atoms with Crippen molar-refractivity contribution in [1.29, 1.82) is 0 Å². The van der Waals surface area contributed by atoms with E-state index in [4.69, 9.17) is 0 Å². The molecule has 14 heavy (non-hydrogen) atoms. The van der Waals surface area contributed by atoms with Gasteiger partial charge in [-0.2, -0.15) is 4.99 Å². The van der Waals surface area contributed by atoms with Gasteiger partial charge >= 0.3 is 6.03 Å². The summed E-state index contributed by atoms with van der Waals surface area (Å²) >= 11 is 0. The van der Waals surface area contributed by atoms with Crippen molar-refractivity contribution in [1.82, 2.24) is 5.32 Å². The number of hydrogen-bond acceptors (Lipinski definition) is 2. The van der Waals surface area contributed by atoms with Gasteiger partial charge in [0.25, 0.3) is 0 Å². The smallest absolute Gasteiger partial charge is 0.330 e. The van der Waals surface area contributed by atoms with Crippen LogP contribution in [0.15, 0.2) is 4.99 Å². The molecule has 0 unspecified atom stereocenters. The third-order valence-electron chi connectivity index (χ3n) is 2.90. The van der Waals surface area contributed by atoms with Gasteiger partial charge in [0.2, 0.25) is 0 Å². The van der Waals surface area contributed by atoms with Crippen molar-refractivity contribution < 1.29 is 9.59 Å². The van der Waals surface area contributed by atoms with E-state index in [1.807, 2.05) is 0 Å². The standard InChI is InChI=1S/C10H14N2O2/c13-9(7-4-2-1-3-5-7)8-6-11-10(14)12-8/h7H,1-6H2,(H,11,14). The molecular formula is C10H14N2O2. The maximum atomic E-state index is 11.8. The summed E-state index contributed by atoms with van der Waals surface area (Å²) in [6, 6.07) is -0.371. The molecule has 0 aromatic rings. The first-order chi connectivity index (χ1) is 6.77. The largest absolute Gasteiger partial charge is 0.341 e. The van der Waals surface area contributed by atoms with E-state index in [9.17, 15) is 9.59 Å².